The lowest BCUT2D eigenvalue weighted by Gasteiger charge is -2.16. The van der Waals surface area contributed by atoms with E-state index in [4.69, 9.17) is 0 Å². The van der Waals surface area contributed by atoms with E-state index in [0.29, 0.717) is 6.04 Å². The molecule has 1 heterocycles. The highest BCUT2D eigenvalue weighted by Gasteiger charge is 2.03. The van der Waals surface area contributed by atoms with Crippen LogP contribution in [0.3, 0.4) is 0 Å². The number of nitrogens with one attached hydrogen (secondary N) is 1. The molecule has 15 heavy (non-hydrogen) atoms. The Labute approximate surface area is 99.2 Å². The third-order valence-electron chi connectivity index (χ3n) is 2.04. The Bertz CT molecular complexity index is 303. The first-order chi connectivity index (χ1) is 7.08. The molecule has 0 fully saturated rings. The van der Waals surface area contributed by atoms with Crippen LogP contribution >= 0.6 is 15.9 Å². The normalized spacial score (nSPS) is 12.9. The minimum absolute atomic E-state index is 0.411. The molecule has 1 unspecified atom stereocenters. The van der Waals surface area contributed by atoms with E-state index in [2.05, 4.69) is 57.1 Å². The van der Waals surface area contributed by atoms with Crippen molar-refractivity contribution in [2.45, 2.75) is 19.4 Å². The van der Waals surface area contributed by atoms with E-state index in [1.54, 1.807) is 6.33 Å². The summed E-state index contributed by atoms with van der Waals surface area (Å²) in [4.78, 5) is 10.3. The number of anilines is 1. The molecule has 84 valence electrons. The van der Waals surface area contributed by atoms with Gasteiger partial charge in [0, 0.05) is 12.1 Å². The fraction of sp³-hybridized carbons (Fsp3) is 0.600. The highest BCUT2D eigenvalue weighted by atomic mass is 79.9. The Morgan fingerprint density at radius 3 is 2.80 bits per heavy atom. The lowest BCUT2D eigenvalue weighted by atomic mass is 10.2. The van der Waals surface area contributed by atoms with Crippen LogP contribution in [0, 0.1) is 0 Å². The average Bonchev–Trinajstić information content (AvgIpc) is 2.15. The van der Waals surface area contributed by atoms with Crippen molar-refractivity contribution in [3.05, 3.63) is 17.0 Å². The van der Waals surface area contributed by atoms with E-state index in [-0.39, 0.29) is 0 Å². The molecule has 4 nitrogen and oxygen atoms in total. The summed E-state index contributed by atoms with van der Waals surface area (Å²) in [6, 6.07) is 2.29. The van der Waals surface area contributed by atoms with Gasteiger partial charge >= 0.3 is 0 Å². The molecule has 1 atom stereocenters. The van der Waals surface area contributed by atoms with Crippen molar-refractivity contribution in [3.63, 3.8) is 0 Å². The van der Waals surface area contributed by atoms with Crippen LogP contribution in [0.4, 0.5) is 5.82 Å². The van der Waals surface area contributed by atoms with Crippen LogP contribution < -0.4 is 5.32 Å². The number of hydrogen-bond donors (Lipinski definition) is 1. The van der Waals surface area contributed by atoms with Crippen LogP contribution in [-0.4, -0.2) is 41.5 Å². The van der Waals surface area contributed by atoms with Gasteiger partial charge in [0.2, 0.25) is 0 Å². The summed E-state index contributed by atoms with van der Waals surface area (Å²) < 4.78 is 0.805. The molecule has 0 radical (unpaired) electrons. The second kappa shape index (κ2) is 6.02. The topological polar surface area (TPSA) is 41.0 Å². The third kappa shape index (κ3) is 5.09. The van der Waals surface area contributed by atoms with Crippen molar-refractivity contribution >= 4 is 21.7 Å². The van der Waals surface area contributed by atoms with E-state index in [1.165, 1.54) is 0 Å². The summed E-state index contributed by atoms with van der Waals surface area (Å²) in [6.45, 7) is 3.22. The summed E-state index contributed by atoms with van der Waals surface area (Å²) in [5.41, 5.74) is 0. The fourth-order valence-corrected chi connectivity index (χ4v) is 1.50. The van der Waals surface area contributed by atoms with Gasteiger partial charge in [-0.05, 0) is 49.9 Å². The van der Waals surface area contributed by atoms with Crippen LogP contribution in [-0.2, 0) is 0 Å². The molecule has 1 aromatic rings. The second-order valence-electron chi connectivity index (χ2n) is 3.86. The SMILES string of the molecule is CC(CCN(C)C)Nc1cc(Br)ncn1. The second-order valence-corrected chi connectivity index (χ2v) is 4.68. The predicted octanol–water partition coefficient (Wildman–Crippen LogP) is 1.99. The van der Waals surface area contributed by atoms with Crippen LogP contribution in [0.1, 0.15) is 13.3 Å². The maximum absolute atomic E-state index is 4.14. The highest BCUT2D eigenvalue weighted by molar-refractivity contribution is 9.10. The van der Waals surface area contributed by atoms with Gasteiger partial charge in [0.15, 0.2) is 0 Å². The molecular weight excluding hydrogens is 256 g/mol. The van der Waals surface area contributed by atoms with E-state index in [1.807, 2.05) is 6.07 Å². The molecule has 0 aliphatic heterocycles. The van der Waals surface area contributed by atoms with Crippen molar-refractivity contribution in [1.29, 1.82) is 0 Å². The van der Waals surface area contributed by atoms with E-state index >= 15 is 0 Å². The molecule has 5 heteroatoms. The van der Waals surface area contributed by atoms with Gasteiger partial charge in [-0.15, -0.1) is 0 Å². The summed E-state index contributed by atoms with van der Waals surface area (Å²) in [7, 11) is 4.15. The first kappa shape index (κ1) is 12.4. The largest absolute Gasteiger partial charge is 0.367 e. The van der Waals surface area contributed by atoms with Crippen LogP contribution in [0.25, 0.3) is 0 Å². The van der Waals surface area contributed by atoms with E-state index in [0.717, 1.165) is 23.4 Å². The van der Waals surface area contributed by atoms with Gasteiger partial charge in [-0.2, -0.15) is 0 Å². The van der Waals surface area contributed by atoms with Gasteiger partial charge in [-0.3, -0.25) is 0 Å². The molecule has 0 aromatic carbocycles. The Morgan fingerprint density at radius 2 is 2.20 bits per heavy atom. The van der Waals surface area contributed by atoms with E-state index in [9.17, 15) is 0 Å². The molecule has 0 amide bonds. The summed E-state index contributed by atoms with van der Waals surface area (Å²) in [6.07, 6.45) is 2.64. The molecular formula is C10H17BrN4. The lowest BCUT2D eigenvalue weighted by Crippen LogP contribution is -2.23. The van der Waals surface area contributed by atoms with Crippen LogP contribution in [0.5, 0.6) is 0 Å². The van der Waals surface area contributed by atoms with Crippen molar-refractivity contribution in [3.8, 4) is 0 Å². The minimum Gasteiger partial charge on any atom is -0.367 e. The molecule has 1 aromatic heterocycles. The quantitative estimate of drug-likeness (QED) is 0.833. The van der Waals surface area contributed by atoms with Gasteiger partial charge in [-0.25, -0.2) is 9.97 Å². The molecule has 0 saturated carbocycles. The fourth-order valence-electron chi connectivity index (χ4n) is 1.19. The lowest BCUT2D eigenvalue weighted by molar-refractivity contribution is 0.390. The Balaban J connectivity index is 2.40. The Morgan fingerprint density at radius 1 is 1.47 bits per heavy atom. The third-order valence-corrected chi connectivity index (χ3v) is 2.47. The van der Waals surface area contributed by atoms with Gasteiger partial charge in [0.25, 0.3) is 0 Å². The first-order valence-electron chi connectivity index (χ1n) is 4.96. The monoisotopic (exact) mass is 272 g/mol. The number of halogens is 1. The van der Waals surface area contributed by atoms with Crippen molar-refractivity contribution < 1.29 is 0 Å². The number of nitrogens with zero attached hydrogens (tertiary/aromatic N) is 3. The molecule has 0 saturated heterocycles. The average molecular weight is 273 g/mol. The number of hydrogen-bond acceptors (Lipinski definition) is 4. The number of rotatable bonds is 5. The molecule has 0 aliphatic rings. The van der Waals surface area contributed by atoms with E-state index < -0.39 is 0 Å². The predicted molar refractivity (Wildman–Crippen MR) is 66.0 cm³/mol. The van der Waals surface area contributed by atoms with Gasteiger partial charge < -0.3 is 10.2 Å². The minimum atomic E-state index is 0.411. The van der Waals surface area contributed by atoms with Gasteiger partial charge in [0.1, 0.15) is 16.7 Å². The molecule has 0 aliphatic carbocycles. The first-order valence-corrected chi connectivity index (χ1v) is 5.76. The molecule has 1 N–H and O–H groups in total. The van der Waals surface area contributed by atoms with Crippen molar-refractivity contribution in [2.75, 3.05) is 26.0 Å². The maximum Gasteiger partial charge on any atom is 0.130 e. The number of aromatic nitrogens is 2. The summed E-state index contributed by atoms with van der Waals surface area (Å²) >= 11 is 3.31. The van der Waals surface area contributed by atoms with Crippen molar-refractivity contribution in [2.24, 2.45) is 0 Å². The van der Waals surface area contributed by atoms with Crippen LogP contribution in [0.15, 0.2) is 17.0 Å². The van der Waals surface area contributed by atoms with Gasteiger partial charge in [0.05, 0.1) is 0 Å². The zero-order chi connectivity index (χ0) is 11.3. The summed E-state index contributed by atoms with van der Waals surface area (Å²) in [5.74, 6) is 0.864. The van der Waals surface area contributed by atoms with Crippen LogP contribution in [0.2, 0.25) is 0 Å². The smallest absolute Gasteiger partial charge is 0.130 e. The molecule has 0 bridgehead atoms. The maximum atomic E-state index is 4.14. The Kier molecular flexibility index (Phi) is 4.98. The van der Waals surface area contributed by atoms with Gasteiger partial charge in [-0.1, -0.05) is 0 Å². The zero-order valence-corrected chi connectivity index (χ0v) is 11.0. The standard InChI is InChI=1S/C10H17BrN4/c1-8(4-5-15(2)3)14-10-6-9(11)12-7-13-10/h6-8H,4-5H2,1-3H3,(H,12,13,14). The van der Waals surface area contributed by atoms with Crippen molar-refractivity contribution in [1.82, 2.24) is 14.9 Å². The molecule has 1 rings (SSSR count). The highest BCUT2D eigenvalue weighted by Crippen LogP contribution is 2.11. The zero-order valence-electron chi connectivity index (χ0n) is 9.37. The Hall–Kier alpha value is -0.680. The molecule has 0 spiro atoms. The summed E-state index contributed by atoms with van der Waals surface area (Å²) in [5, 5.41) is 3.33.